The predicted octanol–water partition coefficient (Wildman–Crippen LogP) is 3.01. The van der Waals surface area contributed by atoms with E-state index in [1.54, 1.807) is 6.07 Å². The summed E-state index contributed by atoms with van der Waals surface area (Å²) in [6.45, 7) is 1.03. The molecule has 0 atom stereocenters. The molecule has 3 rings (SSSR count). The molecule has 1 heterocycles. The third kappa shape index (κ3) is 4.69. The van der Waals surface area contributed by atoms with E-state index in [0.717, 1.165) is 19.3 Å². The average Bonchev–Trinajstić information content (AvgIpc) is 2.69. The minimum Gasteiger partial charge on any atom is -0.334 e. The Hall–Kier alpha value is -3.22. The number of para-hydroxylation sites is 2. The number of nitro benzene ring substituents is 1. The lowest BCUT2D eigenvalue weighted by Gasteiger charge is -2.31. The normalized spacial score (nSPS) is 14.6. The van der Waals surface area contributed by atoms with Crippen molar-refractivity contribution >= 4 is 23.2 Å². The topological polar surface area (TPSA) is 92.5 Å². The number of rotatable bonds is 4. The van der Waals surface area contributed by atoms with E-state index in [0.29, 0.717) is 19.0 Å². The van der Waals surface area contributed by atoms with Crippen LogP contribution in [0.3, 0.4) is 0 Å². The molecule has 2 aromatic rings. The van der Waals surface area contributed by atoms with Crippen LogP contribution in [0.25, 0.3) is 0 Å². The summed E-state index contributed by atoms with van der Waals surface area (Å²) in [6, 6.07) is 16.0. The van der Waals surface area contributed by atoms with Crippen LogP contribution in [0, 0.1) is 16.0 Å². The first-order valence-electron chi connectivity index (χ1n) is 8.92. The third-order valence-corrected chi connectivity index (χ3v) is 4.81. The molecule has 2 amide bonds. The molecule has 0 aliphatic carbocycles. The zero-order valence-electron chi connectivity index (χ0n) is 14.8. The van der Waals surface area contributed by atoms with Crippen molar-refractivity contribution in [2.45, 2.75) is 19.3 Å². The first-order valence-corrected chi connectivity index (χ1v) is 8.92. The molecule has 0 aromatic heterocycles. The van der Waals surface area contributed by atoms with Crippen LogP contribution in [-0.2, 0) is 16.0 Å². The van der Waals surface area contributed by atoms with Gasteiger partial charge in [-0.05, 0) is 36.8 Å². The lowest BCUT2D eigenvalue weighted by Crippen LogP contribution is -2.44. The molecular formula is C20H21N3O4. The fraction of sp³-hybridized carbons (Fsp3) is 0.300. The third-order valence-electron chi connectivity index (χ3n) is 4.81. The van der Waals surface area contributed by atoms with Gasteiger partial charge in [-0.25, -0.2) is 0 Å². The molecule has 7 heteroatoms. The Morgan fingerprint density at radius 1 is 1.04 bits per heavy atom. The van der Waals surface area contributed by atoms with Gasteiger partial charge in [-0.3, -0.25) is 19.7 Å². The molecule has 1 N–H and O–H groups in total. The van der Waals surface area contributed by atoms with E-state index >= 15 is 0 Å². The Morgan fingerprint density at radius 2 is 1.67 bits per heavy atom. The Bertz CT molecular complexity index is 830. The number of hydrogen-bond donors (Lipinski definition) is 1. The second-order valence-electron chi connectivity index (χ2n) is 6.65. The molecule has 140 valence electrons. The summed E-state index contributed by atoms with van der Waals surface area (Å²) in [5.74, 6) is -1.01. The van der Waals surface area contributed by atoms with Crippen LogP contribution in [0.15, 0.2) is 54.6 Å². The molecule has 7 nitrogen and oxygen atoms in total. The molecule has 0 radical (unpaired) electrons. The van der Waals surface area contributed by atoms with Crippen LogP contribution in [0.1, 0.15) is 18.4 Å². The number of amides is 2. The number of benzene rings is 2. The summed E-state index contributed by atoms with van der Waals surface area (Å²) in [4.78, 5) is 36.6. The van der Waals surface area contributed by atoms with Gasteiger partial charge in [0.2, 0.25) is 0 Å². The van der Waals surface area contributed by atoms with Crippen molar-refractivity contribution in [3.05, 3.63) is 70.3 Å². The molecule has 1 aliphatic heterocycles. The number of piperidine rings is 1. The van der Waals surface area contributed by atoms with Gasteiger partial charge in [-0.15, -0.1) is 0 Å². The number of nitro groups is 1. The highest BCUT2D eigenvalue weighted by molar-refractivity contribution is 6.39. The van der Waals surface area contributed by atoms with Crippen LogP contribution in [-0.4, -0.2) is 34.7 Å². The first-order chi connectivity index (χ1) is 13.0. The minimum absolute atomic E-state index is 0.0276. The number of carbonyl (C=O) groups is 2. The summed E-state index contributed by atoms with van der Waals surface area (Å²) in [7, 11) is 0. The van der Waals surface area contributed by atoms with Crippen LogP contribution >= 0.6 is 0 Å². The van der Waals surface area contributed by atoms with Crippen molar-refractivity contribution in [3.8, 4) is 0 Å². The molecule has 0 unspecified atom stereocenters. The summed E-state index contributed by atoms with van der Waals surface area (Å²) in [5.41, 5.74) is 1.07. The number of nitrogens with one attached hydrogen (secondary N) is 1. The first kappa shape index (κ1) is 18.6. The maximum absolute atomic E-state index is 12.4. The van der Waals surface area contributed by atoms with Crippen LogP contribution in [0.5, 0.6) is 0 Å². The number of likely N-dealkylation sites (tertiary alicyclic amines) is 1. The van der Waals surface area contributed by atoms with E-state index in [1.165, 1.54) is 28.7 Å². The van der Waals surface area contributed by atoms with Gasteiger partial charge in [0.1, 0.15) is 5.69 Å². The fourth-order valence-electron chi connectivity index (χ4n) is 3.35. The van der Waals surface area contributed by atoms with Crippen LogP contribution < -0.4 is 5.32 Å². The van der Waals surface area contributed by atoms with E-state index in [2.05, 4.69) is 17.4 Å². The second kappa shape index (κ2) is 8.44. The van der Waals surface area contributed by atoms with Gasteiger partial charge in [0.15, 0.2) is 0 Å². The summed E-state index contributed by atoms with van der Waals surface area (Å²) in [5, 5.41) is 13.4. The SMILES string of the molecule is O=C(Nc1ccccc1[N+](=O)[O-])C(=O)N1CCC(Cc2ccccc2)CC1. The van der Waals surface area contributed by atoms with Crippen molar-refractivity contribution in [3.63, 3.8) is 0 Å². The van der Waals surface area contributed by atoms with E-state index in [4.69, 9.17) is 0 Å². The predicted molar refractivity (Wildman–Crippen MR) is 101 cm³/mol. The average molecular weight is 367 g/mol. The van der Waals surface area contributed by atoms with Crippen molar-refractivity contribution in [1.82, 2.24) is 4.90 Å². The smallest absolute Gasteiger partial charge is 0.314 e. The molecular weight excluding hydrogens is 346 g/mol. The fourth-order valence-corrected chi connectivity index (χ4v) is 3.35. The van der Waals surface area contributed by atoms with E-state index in [-0.39, 0.29) is 11.4 Å². The largest absolute Gasteiger partial charge is 0.334 e. The summed E-state index contributed by atoms with van der Waals surface area (Å²) >= 11 is 0. The lowest BCUT2D eigenvalue weighted by atomic mass is 9.90. The standard InChI is InChI=1S/C20H21N3O4/c24-19(21-17-8-4-5-9-18(17)23(26)27)20(25)22-12-10-16(11-13-22)14-15-6-2-1-3-7-15/h1-9,16H,10-14H2,(H,21,24). The Morgan fingerprint density at radius 3 is 2.33 bits per heavy atom. The van der Waals surface area contributed by atoms with Gasteiger partial charge in [0.25, 0.3) is 5.69 Å². The molecule has 0 saturated carbocycles. The van der Waals surface area contributed by atoms with E-state index in [9.17, 15) is 19.7 Å². The lowest BCUT2D eigenvalue weighted by molar-refractivity contribution is -0.383. The monoisotopic (exact) mass is 367 g/mol. The van der Waals surface area contributed by atoms with Gasteiger partial charge < -0.3 is 10.2 Å². The van der Waals surface area contributed by atoms with E-state index in [1.807, 2.05) is 18.2 Å². The van der Waals surface area contributed by atoms with Crippen LogP contribution in [0.2, 0.25) is 0 Å². The van der Waals surface area contributed by atoms with Gasteiger partial charge >= 0.3 is 11.8 Å². The van der Waals surface area contributed by atoms with Crippen LogP contribution in [0.4, 0.5) is 11.4 Å². The Balaban J connectivity index is 1.55. The van der Waals surface area contributed by atoms with Crippen molar-refractivity contribution < 1.29 is 14.5 Å². The molecule has 0 bridgehead atoms. The number of anilines is 1. The quantitative estimate of drug-likeness (QED) is 0.511. The zero-order chi connectivity index (χ0) is 19.2. The Labute approximate surface area is 157 Å². The van der Waals surface area contributed by atoms with Crippen molar-refractivity contribution in [1.29, 1.82) is 0 Å². The highest BCUT2D eigenvalue weighted by Crippen LogP contribution is 2.24. The minimum atomic E-state index is -0.842. The van der Waals surface area contributed by atoms with Gasteiger partial charge in [0, 0.05) is 19.2 Å². The zero-order valence-corrected chi connectivity index (χ0v) is 14.8. The van der Waals surface area contributed by atoms with Gasteiger partial charge in [-0.2, -0.15) is 0 Å². The number of carbonyl (C=O) groups excluding carboxylic acids is 2. The molecule has 27 heavy (non-hydrogen) atoms. The number of nitrogens with zero attached hydrogens (tertiary/aromatic N) is 2. The maximum Gasteiger partial charge on any atom is 0.314 e. The molecule has 2 aromatic carbocycles. The Kier molecular flexibility index (Phi) is 5.80. The highest BCUT2D eigenvalue weighted by atomic mass is 16.6. The van der Waals surface area contributed by atoms with Gasteiger partial charge in [0.05, 0.1) is 4.92 Å². The van der Waals surface area contributed by atoms with Crippen molar-refractivity contribution in [2.75, 3.05) is 18.4 Å². The molecule has 1 saturated heterocycles. The molecule has 1 aliphatic rings. The van der Waals surface area contributed by atoms with Gasteiger partial charge in [-0.1, -0.05) is 42.5 Å². The number of hydrogen-bond acceptors (Lipinski definition) is 4. The highest BCUT2D eigenvalue weighted by Gasteiger charge is 2.28. The molecule has 1 fully saturated rings. The van der Waals surface area contributed by atoms with E-state index < -0.39 is 16.7 Å². The van der Waals surface area contributed by atoms with Crippen molar-refractivity contribution in [2.24, 2.45) is 5.92 Å². The summed E-state index contributed by atoms with van der Waals surface area (Å²) in [6.07, 6.45) is 2.63. The maximum atomic E-state index is 12.4. The molecule has 0 spiro atoms. The second-order valence-corrected chi connectivity index (χ2v) is 6.65. The summed E-state index contributed by atoms with van der Waals surface area (Å²) < 4.78 is 0.